The molecule has 0 saturated carbocycles. The first-order chi connectivity index (χ1) is 6.81. The summed E-state index contributed by atoms with van der Waals surface area (Å²) in [7, 11) is 0. The topological polar surface area (TPSA) is 41.1 Å². The Hall–Kier alpha value is -1.01. The third-order valence-corrected chi connectivity index (χ3v) is 1.70. The maximum absolute atomic E-state index is 11.1. The lowest BCUT2D eigenvalue weighted by Gasteiger charge is -2.03. The summed E-state index contributed by atoms with van der Waals surface area (Å²) in [6, 6.07) is 0. The van der Waals surface area contributed by atoms with E-state index in [1.165, 1.54) is 0 Å². The number of carbonyl (C=O) groups excluding carboxylic acids is 1. The van der Waals surface area contributed by atoms with Gasteiger partial charge in [0.25, 0.3) is 0 Å². The third-order valence-electron chi connectivity index (χ3n) is 1.70. The molecule has 0 aliphatic rings. The number of amides is 1. The van der Waals surface area contributed by atoms with E-state index in [4.69, 9.17) is 0 Å². The smallest absolute Gasteiger partial charge is 0.221 e. The van der Waals surface area contributed by atoms with E-state index >= 15 is 0 Å². The average molecular weight is 196 g/mol. The zero-order valence-electron chi connectivity index (χ0n) is 9.15. The van der Waals surface area contributed by atoms with Gasteiger partial charge in [-0.3, -0.25) is 4.79 Å². The molecule has 1 amide bonds. The Morgan fingerprint density at radius 2 is 2.07 bits per heavy atom. The second-order valence-corrected chi connectivity index (χ2v) is 3.03. The molecule has 3 nitrogen and oxygen atoms in total. The van der Waals surface area contributed by atoms with Crippen molar-refractivity contribution < 1.29 is 4.79 Å². The van der Waals surface area contributed by atoms with E-state index in [0.717, 1.165) is 32.5 Å². The zero-order chi connectivity index (χ0) is 10.6. The predicted molar refractivity (Wildman–Crippen MR) is 58.9 cm³/mol. The fourth-order valence-corrected chi connectivity index (χ4v) is 0.956. The standard InChI is InChI=1S/C11H20N2O/c1-3-5-6-9-12-10-7-11(14)13-8-4-2/h12H,4,6-10H2,1-2H3,(H,13,14). The molecule has 0 heterocycles. The maximum Gasteiger partial charge on any atom is 0.221 e. The van der Waals surface area contributed by atoms with Crippen LogP contribution in [0.15, 0.2) is 0 Å². The minimum absolute atomic E-state index is 0.126. The van der Waals surface area contributed by atoms with E-state index in [-0.39, 0.29) is 5.91 Å². The second-order valence-electron chi connectivity index (χ2n) is 3.03. The minimum atomic E-state index is 0.126. The molecule has 3 heteroatoms. The monoisotopic (exact) mass is 196 g/mol. The van der Waals surface area contributed by atoms with Crippen molar-refractivity contribution in [1.82, 2.24) is 10.6 Å². The van der Waals surface area contributed by atoms with Crippen molar-refractivity contribution in [1.29, 1.82) is 0 Å². The fourth-order valence-electron chi connectivity index (χ4n) is 0.956. The first kappa shape index (κ1) is 13.0. The number of carbonyl (C=O) groups is 1. The molecular formula is C11H20N2O. The summed E-state index contributed by atoms with van der Waals surface area (Å²) in [5.74, 6) is 5.91. The summed E-state index contributed by atoms with van der Waals surface area (Å²) in [6.45, 7) is 6.25. The Morgan fingerprint density at radius 1 is 1.29 bits per heavy atom. The minimum Gasteiger partial charge on any atom is -0.356 e. The van der Waals surface area contributed by atoms with Crippen LogP contribution >= 0.6 is 0 Å². The largest absolute Gasteiger partial charge is 0.356 e. The van der Waals surface area contributed by atoms with E-state index < -0.39 is 0 Å². The van der Waals surface area contributed by atoms with E-state index in [9.17, 15) is 4.79 Å². The van der Waals surface area contributed by atoms with E-state index in [2.05, 4.69) is 22.5 Å². The van der Waals surface area contributed by atoms with Crippen molar-refractivity contribution in [2.75, 3.05) is 19.6 Å². The molecule has 0 aromatic carbocycles. The van der Waals surface area contributed by atoms with E-state index in [1.54, 1.807) is 0 Å². The van der Waals surface area contributed by atoms with Gasteiger partial charge in [0.05, 0.1) is 0 Å². The van der Waals surface area contributed by atoms with Gasteiger partial charge in [0.1, 0.15) is 0 Å². The molecule has 2 N–H and O–H groups in total. The van der Waals surface area contributed by atoms with E-state index in [1.807, 2.05) is 13.8 Å². The van der Waals surface area contributed by atoms with Crippen LogP contribution < -0.4 is 10.6 Å². The Morgan fingerprint density at radius 3 is 2.71 bits per heavy atom. The van der Waals surface area contributed by atoms with E-state index in [0.29, 0.717) is 6.42 Å². The molecule has 0 aliphatic carbocycles. The Kier molecular flexibility index (Phi) is 9.35. The van der Waals surface area contributed by atoms with Crippen molar-refractivity contribution in [2.45, 2.75) is 33.1 Å². The van der Waals surface area contributed by atoms with Gasteiger partial charge in [0.2, 0.25) is 5.91 Å². The van der Waals surface area contributed by atoms with Crippen molar-refractivity contribution in [3.05, 3.63) is 0 Å². The van der Waals surface area contributed by atoms with Crippen molar-refractivity contribution in [3.8, 4) is 11.8 Å². The van der Waals surface area contributed by atoms with Crippen molar-refractivity contribution >= 4 is 5.91 Å². The van der Waals surface area contributed by atoms with Gasteiger partial charge >= 0.3 is 0 Å². The van der Waals surface area contributed by atoms with Gasteiger partial charge in [0.15, 0.2) is 0 Å². The lowest BCUT2D eigenvalue weighted by atomic mass is 10.3. The number of nitrogens with one attached hydrogen (secondary N) is 2. The molecular weight excluding hydrogens is 176 g/mol. The van der Waals surface area contributed by atoms with Gasteiger partial charge in [0, 0.05) is 32.5 Å². The number of hydrogen-bond acceptors (Lipinski definition) is 2. The summed E-state index contributed by atoms with van der Waals surface area (Å²) in [6.07, 6.45) is 2.40. The van der Waals surface area contributed by atoms with Gasteiger partial charge in [-0.15, -0.1) is 11.8 Å². The van der Waals surface area contributed by atoms with Crippen LogP contribution in [-0.2, 0) is 4.79 Å². The Labute approximate surface area is 86.6 Å². The lowest BCUT2D eigenvalue weighted by Crippen LogP contribution is -2.28. The number of rotatable bonds is 7. The molecule has 0 radical (unpaired) electrons. The first-order valence-corrected chi connectivity index (χ1v) is 5.18. The lowest BCUT2D eigenvalue weighted by molar-refractivity contribution is -0.120. The van der Waals surface area contributed by atoms with Crippen LogP contribution in [0.2, 0.25) is 0 Å². The van der Waals surface area contributed by atoms with Crippen LogP contribution in [0.3, 0.4) is 0 Å². The number of hydrogen-bond donors (Lipinski definition) is 2. The third kappa shape index (κ3) is 9.08. The molecule has 0 aromatic rings. The van der Waals surface area contributed by atoms with Crippen LogP contribution in [0.1, 0.15) is 33.1 Å². The second kappa shape index (κ2) is 10.1. The molecule has 0 fully saturated rings. The summed E-state index contributed by atoms with van der Waals surface area (Å²) < 4.78 is 0. The van der Waals surface area contributed by atoms with Crippen LogP contribution in [-0.4, -0.2) is 25.5 Å². The van der Waals surface area contributed by atoms with Gasteiger partial charge < -0.3 is 10.6 Å². The van der Waals surface area contributed by atoms with Crippen molar-refractivity contribution in [3.63, 3.8) is 0 Å². The SMILES string of the molecule is CC#CCCNCCC(=O)NCCC. The van der Waals surface area contributed by atoms with Crippen LogP contribution in [0.5, 0.6) is 0 Å². The molecule has 0 aliphatic heterocycles. The molecule has 0 atom stereocenters. The summed E-state index contributed by atoms with van der Waals surface area (Å²) >= 11 is 0. The van der Waals surface area contributed by atoms with Crippen LogP contribution in [0.4, 0.5) is 0 Å². The highest BCUT2D eigenvalue weighted by Gasteiger charge is 1.97. The van der Waals surface area contributed by atoms with Crippen molar-refractivity contribution in [2.24, 2.45) is 0 Å². The Bertz CT molecular complexity index is 203. The summed E-state index contributed by atoms with van der Waals surface area (Å²) in [5, 5.41) is 5.99. The first-order valence-electron chi connectivity index (χ1n) is 5.18. The highest BCUT2D eigenvalue weighted by atomic mass is 16.1. The molecule has 0 bridgehead atoms. The molecule has 0 saturated heterocycles. The van der Waals surface area contributed by atoms with Gasteiger partial charge in [-0.2, -0.15) is 0 Å². The maximum atomic E-state index is 11.1. The molecule has 0 spiro atoms. The van der Waals surface area contributed by atoms with Gasteiger partial charge in [-0.05, 0) is 13.3 Å². The van der Waals surface area contributed by atoms with Crippen LogP contribution in [0, 0.1) is 11.8 Å². The highest BCUT2D eigenvalue weighted by Crippen LogP contribution is 1.79. The normalized spacial score (nSPS) is 9.00. The molecule has 80 valence electrons. The predicted octanol–water partition coefficient (Wildman–Crippen LogP) is 0.906. The molecule has 0 rings (SSSR count). The van der Waals surface area contributed by atoms with Gasteiger partial charge in [-0.25, -0.2) is 0 Å². The fraction of sp³-hybridized carbons (Fsp3) is 0.727. The highest BCUT2D eigenvalue weighted by molar-refractivity contribution is 5.75. The summed E-state index contributed by atoms with van der Waals surface area (Å²) in [5.41, 5.74) is 0. The van der Waals surface area contributed by atoms with Crippen LogP contribution in [0.25, 0.3) is 0 Å². The zero-order valence-corrected chi connectivity index (χ0v) is 9.15. The quantitative estimate of drug-likeness (QED) is 0.469. The summed E-state index contributed by atoms with van der Waals surface area (Å²) in [4.78, 5) is 11.1. The van der Waals surface area contributed by atoms with Gasteiger partial charge in [-0.1, -0.05) is 6.92 Å². The molecule has 0 aromatic heterocycles. The average Bonchev–Trinajstić information content (AvgIpc) is 2.20. The molecule has 0 unspecified atom stereocenters. The molecule has 14 heavy (non-hydrogen) atoms. The Balaban J connectivity index is 3.17.